The van der Waals surface area contributed by atoms with Gasteiger partial charge in [0.2, 0.25) is 0 Å². The van der Waals surface area contributed by atoms with Crippen molar-refractivity contribution < 1.29 is 17.6 Å². The smallest absolute Gasteiger partial charge is 0.267 e. The highest BCUT2D eigenvalue weighted by Crippen LogP contribution is 2.36. The monoisotopic (exact) mass is 483 g/mol. The zero-order valence-electron chi connectivity index (χ0n) is 15.8. The topological polar surface area (TPSA) is 65.6 Å². The first kappa shape index (κ1) is 22.0. The molecule has 6 nitrogen and oxygen atoms in total. The zero-order chi connectivity index (χ0) is 23.0. The predicted molar refractivity (Wildman–Crippen MR) is 109 cm³/mol. The largest absolute Gasteiger partial charge is 0.436 e. The lowest BCUT2D eigenvalue weighted by atomic mass is 10.0. The zero-order valence-corrected chi connectivity index (χ0v) is 17.3. The highest BCUT2D eigenvalue weighted by molar-refractivity contribution is 6.34. The third-order valence-corrected chi connectivity index (χ3v) is 5.10. The van der Waals surface area contributed by atoms with E-state index >= 15 is 4.39 Å². The quantitative estimate of drug-likeness (QED) is 0.383. The molecule has 12 heteroatoms. The molecule has 0 N–H and O–H groups in total. The van der Waals surface area contributed by atoms with Crippen LogP contribution in [0.5, 0.6) is 0 Å². The van der Waals surface area contributed by atoms with Crippen LogP contribution in [0.3, 0.4) is 0 Å². The molecule has 0 spiro atoms. The van der Waals surface area contributed by atoms with Gasteiger partial charge in [0.15, 0.2) is 11.5 Å². The van der Waals surface area contributed by atoms with Crippen molar-refractivity contribution in [1.82, 2.24) is 24.8 Å². The Morgan fingerprint density at radius 3 is 2.34 bits per heavy atom. The summed E-state index contributed by atoms with van der Waals surface area (Å²) in [7, 11) is 0. The van der Waals surface area contributed by atoms with Gasteiger partial charge in [-0.1, -0.05) is 58.7 Å². The highest BCUT2D eigenvalue weighted by Gasteiger charge is 2.35. The maximum atomic E-state index is 15.1. The Balaban J connectivity index is 1.92. The molecule has 2 aromatic heterocycles. The molecule has 164 valence electrons. The Morgan fingerprint density at radius 2 is 1.69 bits per heavy atom. The van der Waals surface area contributed by atoms with Crippen LogP contribution in [0.15, 0.2) is 59.7 Å². The summed E-state index contributed by atoms with van der Waals surface area (Å²) in [5.74, 6) is -1.05. The van der Waals surface area contributed by atoms with E-state index < -0.39 is 28.8 Å². The maximum Gasteiger partial charge on any atom is 0.436 e. The summed E-state index contributed by atoms with van der Waals surface area (Å²) < 4.78 is 55.8. The molecule has 32 heavy (non-hydrogen) atoms. The van der Waals surface area contributed by atoms with Gasteiger partial charge in [-0.15, -0.1) is 5.10 Å². The lowest BCUT2D eigenvalue weighted by Crippen LogP contribution is -2.25. The molecule has 0 fully saturated rings. The van der Waals surface area contributed by atoms with Crippen molar-refractivity contribution in [2.75, 3.05) is 0 Å². The SMILES string of the molecule is O=c1c(-c2c(-n3cc(C(F)(F)F)nn3)ccc(Cl)c2F)c(Cl)cnn1Cc1ccccc1. The van der Waals surface area contributed by atoms with Crippen molar-refractivity contribution in [1.29, 1.82) is 0 Å². The van der Waals surface area contributed by atoms with Crippen molar-refractivity contribution >= 4 is 23.2 Å². The predicted octanol–water partition coefficient (Wildman–Crippen LogP) is 5.00. The lowest BCUT2D eigenvalue weighted by molar-refractivity contribution is -0.141. The van der Waals surface area contributed by atoms with E-state index in [1.165, 1.54) is 6.07 Å². The van der Waals surface area contributed by atoms with Gasteiger partial charge in [-0.3, -0.25) is 4.79 Å². The normalized spacial score (nSPS) is 11.7. The van der Waals surface area contributed by atoms with Gasteiger partial charge in [0.05, 0.1) is 45.8 Å². The number of benzene rings is 2. The van der Waals surface area contributed by atoms with Gasteiger partial charge in [0, 0.05) is 0 Å². The van der Waals surface area contributed by atoms with Crippen LogP contribution in [0.2, 0.25) is 10.0 Å². The second-order valence-electron chi connectivity index (χ2n) is 6.62. The van der Waals surface area contributed by atoms with Crippen LogP contribution in [0.25, 0.3) is 16.8 Å². The number of rotatable bonds is 4. The summed E-state index contributed by atoms with van der Waals surface area (Å²) in [6, 6.07) is 11.2. The first-order valence-electron chi connectivity index (χ1n) is 8.94. The standard InChI is InChI=1S/C20H11Cl2F4N5O/c21-12-6-7-14(30-10-15(28-29-30)20(24,25)26)17(18(12)23)16-13(22)8-27-31(19(16)32)9-11-4-2-1-3-5-11/h1-8,10H,9H2. The van der Waals surface area contributed by atoms with Crippen LogP contribution < -0.4 is 5.56 Å². The molecule has 0 unspecified atom stereocenters. The minimum atomic E-state index is -4.76. The van der Waals surface area contributed by atoms with Crippen LogP contribution in [0, 0.1) is 5.82 Å². The highest BCUT2D eigenvalue weighted by atomic mass is 35.5. The Kier molecular flexibility index (Phi) is 5.74. The lowest BCUT2D eigenvalue weighted by Gasteiger charge is -2.14. The summed E-state index contributed by atoms with van der Waals surface area (Å²) in [6.45, 7) is 0.0584. The van der Waals surface area contributed by atoms with E-state index in [0.717, 1.165) is 22.5 Å². The Hall–Kier alpha value is -3.24. The van der Waals surface area contributed by atoms with Crippen molar-refractivity contribution in [3.8, 4) is 16.8 Å². The second kappa shape index (κ2) is 8.36. The molecular weight excluding hydrogens is 473 g/mol. The third-order valence-electron chi connectivity index (χ3n) is 4.53. The Labute approximate surface area is 187 Å². The second-order valence-corrected chi connectivity index (χ2v) is 7.43. The van der Waals surface area contributed by atoms with E-state index in [0.29, 0.717) is 10.9 Å². The molecule has 0 saturated carbocycles. The van der Waals surface area contributed by atoms with E-state index in [9.17, 15) is 18.0 Å². The average molecular weight is 484 g/mol. The summed E-state index contributed by atoms with van der Waals surface area (Å²) >= 11 is 12.1. The van der Waals surface area contributed by atoms with Crippen molar-refractivity contribution in [2.45, 2.75) is 12.7 Å². The molecule has 0 bridgehead atoms. The number of nitrogens with zero attached hydrogens (tertiary/aromatic N) is 5. The van der Waals surface area contributed by atoms with Crippen LogP contribution in [0.4, 0.5) is 17.6 Å². The molecule has 4 aromatic rings. The van der Waals surface area contributed by atoms with Crippen LogP contribution >= 0.6 is 23.2 Å². The van der Waals surface area contributed by atoms with Crippen molar-refractivity contribution in [3.63, 3.8) is 0 Å². The maximum absolute atomic E-state index is 15.1. The number of halogens is 6. The fourth-order valence-electron chi connectivity index (χ4n) is 3.04. The van der Waals surface area contributed by atoms with Gasteiger partial charge in [0.25, 0.3) is 5.56 Å². The van der Waals surface area contributed by atoms with Gasteiger partial charge >= 0.3 is 6.18 Å². The molecule has 0 aliphatic rings. The minimum absolute atomic E-state index is 0.0584. The van der Waals surface area contributed by atoms with Crippen LogP contribution in [0.1, 0.15) is 11.3 Å². The van der Waals surface area contributed by atoms with Crippen molar-refractivity contribution in [2.24, 2.45) is 0 Å². The first-order chi connectivity index (χ1) is 15.2. The Bertz CT molecular complexity index is 1350. The fourth-order valence-corrected chi connectivity index (χ4v) is 3.42. The molecule has 0 aliphatic heterocycles. The number of hydrogen-bond donors (Lipinski definition) is 0. The molecule has 0 atom stereocenters. The molecule has 4 rings (SSSR count). The van der Waals surface area contributed by atoms with Crippen LogP contribution in [-0.4, -0.2) is 24.8 Å². The van der Waals surface area contributed by atoms with Gasteiger partial charge in [-0.25, -0.2) is 13.8 Å². The molecule has 2 aromatic carbocycles. The molecule has 2 heterocycles. The molecular formula is C20H11Cl2F4N5O. The molecule has 0 aliphatic carbocycles. The molecule has 0 amide bonds. The van der Waals surface area contributed by atoms with Crippen LogP contribution in [-0.2, 0) is 12.7 Å². The molecule has 0 radical (unpaired) electrons. The number of aromatic nitrogens is 5. The average Bonchev–Trinajstić information content (AvgIpc) is 3.25. The van der Waals surface area contributed by atoms with Gasteiger partial charge in [-0.05, 0) is 17.7 Å². The first-order valence-corrected chi connectivity index (χ1v) is 9.70. The van der Waals surface area contributed by atoms with Gasteiger partial charge in [-0.2, -0.15) is 18.3 Å². The van der Waals surface area contributed by atoms with Gasteiger partial charge < -0.3 is 0 Å². The van der Waals surface area contributed by atoms with Crippen molar-refractivity contribution in [3.05, 3.63) is 92.3 Å². The summed E-state index contributed by atoms with van der Waals surface area (Å²) in [5.41, 5.74) is -2.26. The third kappa shape index (κ3) is 4.11. The van der Waals surface area contributed by atoms with Gasteiger partial charge in [0.1, 0.15) is 0 Å². The fraction of sp³-hybridized carbons (Fsp3) is 0.100. The Morgan fingerprint density at radius 1 is 0.969 bits per heavy atom. The van der Waals surface area contributed by atoms with E-state index in [2.05, 4.69) is 15.4 Å². The van der Waals surface area contributed by atoms with E-state index in [-0.39, 0.29) is 27.8 Å². The molecule has 0 saturated heterocycles. The number of hydrogen-bond acceptors (Lipinski definition) is 4. The summed E-state index contributed by atoms with van der Waals surface area (Å²) in [4.78, 5) is 13.2. The van der Waals surface area contributed by atoms with E-state index in [1.54, 1.807) is 30.3 Å². The minimum Gasteiger partial charge on any atom is -0.267 e. The van der Waals surface area contributed by atoms with E-state index in [4.69, 9.17) is 23.2 Å². The number of alkyl halides is 3. The van der Waals surface area contributed by atoms with E-state index in [1.807, 2.05) is 0 Å². The summed E-state index contributed by atoms with van der Waals surface area (Å²) in [6.07, 6.45) is -3.04. The summed E-state index contributed by atoms with van der Waals surface area (Å²) in [5, 5.41) is 9.92.